The summed E-state index contributed by atoms with van der Waals surface area (Å²) in [6, 6.07) is 2.26. The molecular formula is C15H21ClN6O. The summed E-state index contributed by atoms with van der Waals surface area (Å²) in [4.78, 5) is 9.08. The van der Waals surface area contributed by atoms with Gasteiger partial charge < -0.3 is 9.84 Å². The third-order valence-corrected chi connectivity index (χ3v) is 3.78. The fourth-order valence-electron chi connectivity index (χ4n) is 2.56. The van der Waals surface area contributed by atoms with Gasteiger partial charge in [0.25, 0.3) is 5.89 Å². The molecule has 23 heavy (non-hydrogen) atoms. The molecule has 0 saturated carbocycles. The van der Waals surface area contributed by atoms with Crippen molar-refractivity contribution in [3.8, 4) is 11.5 Å². The lowest BCUT2D eigenvalue weighted by Crippen LogP contribution is -2.24. The summed E-state index contributed by atoms with van der Waals surface area (Å²) in [6.07, 6.45) is 0.721. The Hall–Kier alpha value is -1.99. The molecule has 0 aliphatic carbocycles. The number of nitrogens with one attached hydrogen (secondary N) is 1. The van der Waals surface area contributed by atoms with Crippen molar-refractivity contribution in [2.75, 3.05) is 7.05 Å². The lowest BCUT2D eigenvalue weighted by Gasteiger charge is -2.04. The molecule has 3 aromatic heterocycles. The SMILES string of the molecule is CNC(C)Cc1noc(-c2cc(C)nc3c2c(C)nn3C)n1.Cl. The van der Waals surface area contributed by atoms with Gasteiger partial charge in [-0.2, -0.15) is 10.1 Å². The highest BCUT2D eigenvalue weighted by molar-refractivity contribution is 5.92. The molecule has 1 atom stereocenters. The van der Waals surface area contributed by atoms with E-state index in [9.17, 15) is 0 Å². The molecule has 0 aliphatic rings. The van der Waals surface area contributed by atoms with Crippen LogP contribution in [0.1, 0.15) is 24.1 Å². The molecule has 3 rings (SSSR count). The molecule has 0 saturated heterocycles. The largest absolute Gasteiger partial charge is 0.334 e. The van der Waals surface area contributed by atoms with Crippen LogP contribution in [0.15, 0.2) is 10.6 Å². The van der Waals surface area contributed by atoms with Gasteiger partial charge in [0.2, 0.25) is 0 Å². The number of rotatable bonds is 4. The van der Waals surface area contributed by atoms with Crippen molar-refractivity contribution in [3.63, 3.8) is 0 Å². The van der Waals surface area contributed by atoms with Crippen LogP contribution in [0, 0.1) is 13.8 Å². The number of nitrogens with zero attached hydrogens (tertiary/aromatic N) is 5. The Labute approximate surface area is 140 Å². The van der Waals surface area contributed by atoms with Crippen molar-refractivity contribution in [3.05, 3.63) is 23.3 Å². The van der Waals surface area contributed by atoms with E-state index in [0.717, 1.165) is 34.4 Å². The van der Waals surface area contributed by atoms with Gasteiger partial charge in [-0.25, -0.2) is 4.98 Å². The monoisotopic (exact) mass is 336 g/mol. The van der Waals surface area contributed by atoms with Crippen molar-refractivity contribution in [1.82, 2.24) is 30.2 Å². The number of halogens is 1. The first-order valence-electron chi connectivity index (χ1n) is 7.30. The zero-order valence-electron chi connectivity index (χ0n) is 13.9. The second kappa shape index (κ2) is 6.64. The molecule has 0 radical (unpaired) electrons. The highest BCUT2D eigenvalue weighted by atomic mass is 35.5. The Kier molecular flexibility index (Phi) is 5.01. The van der Waals surface area contributed by atoms with Crippen molar-refractivity contribution < 1.29 is 4.52 Å². The summed E-state index contributed by atoms with van der Waals surface area (Å²) < 4.78 is 7.25. The minimum absolute atomic E-state index is 0. The number of fused-ring (bicyclic) bond motifs is 1. The smallest absolute Gasteiger partial charge is 0.258 e. The quantitative estimate of drug-likeness (QED) is 0.786. The van der Waals surface area contributed by atoms with Crippen LogP contribution in [0.25, 0.3) is 22.5 Å². The average Bonchev–Trinajstić information content (AvgIpc) is 3.04. The van der Waals surface area contributed by atoms with E-state index in [4.69, 9.17) is 4.52 Å². The summed E-state index contributed by atoms with van der Waals surface area (Å²) >= 11 is 0. The zero-order chi connectivity index (χ0) is 15.9. The van der Waals surface area contributed by atoms with E-state index >= 15 is 0 Å². The lowest BCUT2D eigenvalue weighted by atomic mass is 10.1. The highest BCUT2D eigenvalue weighted by Gasteiger charge is 2.18. The van der Waals surface area contributed by atoms with Gasteiger partial charge in [0.05, 0.1) is 16.6 Å². The fourth-order valence-corrected chi connectivity index (χ4v) is 2.56. The van der Waals surface area contributed by atoms with E-state index in [-0.39, 0.29) is 12.4 Å². The summed E-state index contributed by atoms with van der Waals surface area (Å²) in [6.45, 7) is 5.99. The first kappa shape index (κ1) is 17.4. The van der Waals surface area contributed by atoms with Crippen LogP contribution < -0.4 is 5.32 Å². The van der Waals surface area contributed by atoms with Gasteiger partial charge in [0.15, 0.2) is 11.5 Å². The standard InChI is InChI=1S/C15H20N6O.ClH/c1-8(16-4)7-12-18-15(22-20-12)11-6-9(2)17-14-13(11)10(3)19-21(14)5;/h6,8,16H,7H2,1-5H3;1H. The number of likely N-dealkylation sites (N-methyl/N-ethyl adjacent to an activating group) is 1. The molecule has 3 heterocycles. The van der Waals surface area contributed by atoms with E-state index < -0.39 is 0 Å². The second-order valence-electron chi connectivity index (χ2n) is 5.63. The molecule has 0 fully saturated rings. The molecule has 0 amide bonds. The van der Waals surface area contributed by atoms with Crippen molar-refractivity contribution in [1.29, 1.82) is 0 Å². The molecular weight excluding hydrogens is 316 g/mol. The molecule has 0 aromatic carbocycles. The minimum Gasteiger partial charge on any atom is -0.334 e. The van der Waals surface area contributed by atoms with E-state index in [1.54, 1.807) is 4.68 Å². The topological polar surface area (TPSA) is 81.7 Å². The van der Waals surface area contributed by atoms with E-state index in [1.807, 2.05) is 34.0 Å². The van der Waals surface area contributed by atoms with Crippen LogP contribution in [0.2, 0.25) is 0 Å². The third kappa shape index (κ3) is 3.20. The predicted molar refractivity (Wildman–Crippen MR) is 90.7 cm³/mol. The van der Waals surface area contributed by atoms with Gasteiger partial charge in [0, 0.05) is 25.2 Å². The molecule has 0 spiro atoms. The van der Waals surface area contributed by atoms with Crippen LogP contribution in [-0.2, 0) is 13.5 Å². The summed E-state index contributed by atoms with van der Waals surface area (Å²) in [5, 5.41) is 12.7. The van der Waals surface area contributed by atoms with Gasteiger partial charge in [-0.15, -0.1) is 12.4 Å². The van der Waals surface area contributed by atoms with Crippen molar-refractivity contribution in [2.45, 2.75) is 33.2 Å². The summed E-state index contributed by atoms with van der Waals surface area (Å²) in [7, 11) is 3.81. The highest BCUT2D eigenvalue weighted by Crippen LogP contribution is 2.29. The lowest BCUT2D eigenvalue weighted by molar-refractivity contribution is 0.418. The van der Waals surface area contributed by atoms with Crippen molar-refractivity contribution >= 4 is 23.4 Å². The van der Waals surface area contributed by atoms with Gasteiger partial charge in [-0.1, -0.05) is 5.16 Å². The number of aryl methyl sites for hydroxylation is 3. The van der Waals surface area contributed by atoms with Crippen LogP contribution in [0.4, 0.5) is 0 Å². The normalized spacial score (nSPS) is 12.4. The Morgan fingerprint density at radius 3 is 2.74 bits per heavy atom. The van der Waals surface area contributed by atoms with E-state index in [1.165, 1.54) is 0 Å². The van der Waals surface area contributed by atoms with E-state index in [2.05, 4.69) is 32.5 Å². The molecule has 1 unspecified atom stereocenters. The van der Waals surface area contributed by atoms with Crippen LogP contribution in [0.3, 0.4) is 0 Å². The Morgan fingerprint density at radius 2 is 2.04 bits per heavy atom. The molecule has 8 heteroatoms. The fraction of sp³-hybridized carbons (Fsp3) is 0.467. The molecule has 3 aromatic rings. The summed E-state index contributed by atoms with van der Waals surface area (Å²) in [5.74, 6) is 1.21. The number of hydrogen-bond donors (Lipinski definition) is 1. The first-order chi connectivity index (χ1) is 10.5. The molecule has 124 valence electrons. The van der Waals surface area contributed by atoms with Crippen LogP contribution in [0.5, 0.6) is 0 Å². The maximum absolute atomic E-state index is 5.47. The van der Waals surface area contributed by atoms with Gasteiger partial charge in [-0.3, -0.25) is 4.68 Å². The molecule has 1 N–H and O–H groups in total. The third-order valence-electron chi connectivity index (χ3n) is 3.78. The van der Waals surface area contributed by atoms with Gasteiger partial charge >= 0.3 is 0 Å². The van der Waals surface area contributed by atoms with E-state index in [0.29, 0.717) is 17.8 Å². The van der Waals surface area contributed by atoms with Gasteiger partial charge in [-0.05, 0) is 33.9 Å². The Morgan fingerprint density at radius 1 is 1.30 bits per heavy atom. The second-order valence-corrected chi connectivity index (χ2v) is 5.63. The average molecular weight is 337 g/mol. The van der Waals surface area contributed by atoms with Crippen LogP contribution in [-0.4, -0.2) is 38.0 Å². The number of hydrogen-bond acceptors (Lipinski definition) is 6. The van der Waals surface area contributed by atoms with Gasteiger partial charge in [0.1, 0.15) is 0 Å². The number of aromatic nitrogens is 5. The summed E-state index contributed by atoms with van der Waals surface area (Å²) in [5.41, 5.74) is 3.52. The van der Waals surface area contributed by atoms with Crippen molar-refractivity contribution in [2.24, 2.45) is 7.05 Å². The molecule has 7 nitrogen and oxygen atoms in total. The Bertz CT molecular complexity index is 825. The minimum atomic E-state index is 0. The first-order valence-corrected chi connectivity index (χ1v) is 7.30. The molecule has 0 aliphatic heterocycles. The Balaban J connectivity index is 0.00000192. The maximum atomic E-state index is 5.47. The number of pyridine rings is 1. The van der Waals surface area contributed by atoms with Crippen LogP contribution >= 0.6 is 12.4 Å². The predicted octanol–water partition coefficient (Wildman–Crippen LogP) is 2.21. The molecule has 0 bridgehead atoms. The zero-order valence-corrected chi connectivity index (χ0v) is 14.7. The maximum Gasteiger partial charge on any atom is 0.258 e.